The molecule has 1 aliphatic carbocycles. The van der Waals surface area contributed by atoms with Crippen LogP contribution >= 0.6 is 0 Å². The number of nitrogens with one attached hydrogen (secondary N) is 9. The molecule has 1 saturated carbocycles. The van der Waals surface area contributed by atoms with Gasteiger partial charge in [0.05, 0.1) is 0 Å². The van der Waals surface area contributed by atoms with Crippen LogP contribution in [-0.4, -0.2) is 155 Å². The van der Waals surface area contributed by atoms with Crippen molar-refractivity contribution in [1.82, 2.24) is 57.7 Å². The summed E-state index contributed by atoms with van der Waals surface area (Å²) in [7, 11) is 4.00. The highest BCUT2D eigenvalue weighted by molar-refractivity contribution is 6.00. The largest absolute Gasteiger partial charge is 0.354 e. The molecule has 21 nitrogen and oxygen atoms in total. The summed E-state index contributed by atoms with van der Waals surface area (Å²) in [6, 6.07) is -4.81. The number of amides is 10. The van der Waals surface area contributed by atoms with Crippen molar-refractivity contribution in [3.63, 3.8) is 0 Å². The van der Waals surface area contributed by atoms with Crippen molar-refractivity contribution in [1.29, 1.82) is 0 Å². The molecule has 2 aliphatic rings. The van der Waals surface area contributed by atoms with Crippen LogP contribution in [0.3, 0.4) is 0 Å². The Morgan fingerprint density at radius 1 is 0.506 bits per heavy atom. The summed E-state index contributed by atoms with van der Waals surface area (Å²) in [5, 5.41) is 25.6. The zero-order valence-electron chi connectivity index (χ0n) is 54.0. The van der Waals surface area contributed by atoms with E-state index in [1.807, 2.05) is 55.6 Å². The zero-order valence-corrected chi connectivity index (χ0v) is 54.0. The Bertz CT molecular complexity index is 2130. The maximum Gasteiger partial charge on any atom is 0.246 e. The van der Waals surface area contributed by atoms with Crippen molar-refractivity contribution >= 4 is 59.1 Å². The van der Waals surface area contributed by atoms with Gasteiger partial charge in [-0.2, -0.15) is 0 Å². The smallest absolute Gasteiger partial charge is 0.246 e. The lowest BCUT2D eigenvalue weighted by Crippen LogP contribution is -2.65. The van der Waals surface area contributed by atoms with Crippen molar-refractivity contribution < 1.29 is 47.9 Å². The molecule has 0 aromatic heterocycles. The van der Waals surface area contributed by atoms with Gasteiger partial charge in [0.25, 0.3) is 0 Å². The molecule has 476 valence electrons. The lowest BCUT2D eigenvalue weighted by molar-refractivity contribution is -0.140. The molecule has 1 saturated heterocycles. The van der Waals surface area contributed by atoms with Crippen molar-refractivity contribution in [2.24, 2.45) is 17.8 Å². The average Bonchev–Trinajstić information content (AvgIpc) is 3.96. The van der Waals surface area contributed by atoms with Crippen LogP contribution in [0.1, 0.15) is 232 Å². The summed E-state index contributed by atoms with van der Waals surface area (Å²) in [5.41, 5.74) is -4.64. The average molecular weight is 1170 g/mol. The third kappa shape index (κ3) is 26.2. The Labute approximate surface area is 498 Å². The van der Waals surface area contributed by atoms with Crippen LogP contribution in [0.25, 0.3) is 0 Å². The molecule has 0 aromatic carbocycles. The fourth-order valence-electron chi connectivity index (χ4n) is 10.8. The van der Waals surface area contributed by atoms with Crippen LogP contribution in [0.4, 0.5) is 0 Å². The second kappa shape index (κ2) is 35.8. The third-order valence-corrected chi connectivity index (χ3v) is 15.7. The molecule has 2 fully saturated rings. The van der Waals surface area contributed by atoms with E-state index in [0.717, 1.165) is 77.0 Å². The van der Waals surface area contributed by atoms with Crippen LogP contribution in [0.5, 0.6) is 0 Å². The first-order valence-corrected chi connectivity index (χ1v) is 31.5. The zero-order chi connectivity index (χ0) is 62.8. The van der Waals surface area contributed by atoms with Gasteiger partial charge in [-0.25, -0.2) is 0 Å². The highest BCUT2D eigenvalue weighted by Gasteiger charge is 2.41. The first-order valence-electron chi connectivity index (χ1n) is 31.5. The van der Waals surface area contributed by atoms with Gasteiger partial charge in [0, 0.05) is 38.0 Å². The minimum Gasteiger partial charge on any atom is -0.354 e. The number of rotatable bonds is 37. The highest BCUT2D eigenvalue weighted by atomic mass is 16.2. The van der Waals surface area contributed by atoms with E-state index in [1.165, 1.54) is 41.5 Å². The van der Waals surface area contributed by atoms with Gasteiger partial charge < -0.3 is 57.7 Å². The summed E-state index contributed by atoms with van der Waals surface area (Å²) < 4.78 is 0. The second-order valence-electron chi connectivity index (χ2n) is 26.7. The minimum atomic E-state index is -1.62. The quantitative estimate of drug-likeness (QED) is 0.0347. The Morgan fingerprint density at radius 3 is 1.53 bits per heavy atom. The Hall–Kier alpha value is -5.34. The monoisotopic (exact) mass is 1170 g/mol. The SMILES string of the molecule is CCCCCCCCC(NC(=O)[C@@H]1CCCN1C(=O)CCCCC)C(=O)NC(CC(C)C)C(=O)NC(C)(C)C(=O)NC(CC(C)C)C(=O)NC(CC(C)C)C(=O)NC(C)(C)C(=O)NC(C)(C)C(=O)NCCC(=O)N[C@H]1CCCC[C@@H]1N(C)C. The van der Waals surface area contributed by atoms with Gasteiger partial charge in [-0.3, -0.25) is 47.9 Å². The molecule has 0 radical (unpaired) electrons. The maximum atomic E-state index is 14.3. The van der Waals surface area contributed by atoms with Gasteiger partial charge in [-0.15, -0.1) is 0 Å². The van der Waals surface area contributed by atoms with Crippen LogP contribution in [0, 0.1) is 17.8 Å². The van der Waals surface area contributed by atoms with Gasteiger partial charge in [-0.05, 0) is 131 Å². The second-order valence-corrected chi connectivity index (χ2v) is 26.7. The lowest BCUT2D eigenvalue weighted by atomic mass is 9.89. The van der Waals surface area contributed by atoms with E-state index >= 15 is 0 Å². The molecule has 4 unspecified atom stereocenters. The molecule has 1 aliphatic heterocycles. The Morgan fingerprint density at radius 2 is 0.988 bits per heavy atom. The maximum absolute atomic E-state index is 14.3. The number of hydrogen-bond donors (Lipinski definition) is 9. The molecule has 10 amide bonds. The van der Waals surface area contributed by atoms with E-state index in [1.54, 1.807) is 4.90 Å². The van der Waals surface area contributed by atoms with E-state index in [9.17, 15) is 47.9 Å². The van der Waals surface area contributed by atoms with E-state index in [0.29, 0.717) is 38.6 Å². The summed E-state index contributed by atoms with van der Waals surface area (Å²) in [6.45, 7) is 25.0. The van der Waals surface area contributed by atoms with E-state index < -0.39 is 94.1 Å². The molecule has 0 bridgehead atoms. The van der Waals surface area contributed by atoms with Crippen molar-refractivity contribution in [2.75, 3.05) is 27.2 Å². The van der Waals surface area contributed by atoms with Gasteiger partial charge in [-0.1, -0.05) is 120 Å². The van der Waals surface area contributed by atoms with Crippen LogP contribution in [-0.2, 0) is 47.9 Å². The van der Waals surface area contributed by atoms with Gasteiger partial charge in [0.1, 0.15) is 46.8 Å². The summed E-state index contributed by atoms with van der Waals surface area (Å²) >= 11 is 0. The van der Waals surface area contributed by atoms with Crippen LogP contribution < -0.4 is 47.9 Å². The first kappa shape index (κ1) is 73.8. The molecule has 1 heterocycles. The van der Waals surface area contributed by atoms with Crippen LogP contribution in [0.15, 0.2) is 0 Å². The molecule has 83 heavy (non-hydrogen) atoms. The number of carbonyl (C=O) groups excluding carboxylic acids is 10. The van der Waals surface area contributed by atoms with E-state index in [2.05, 4.69) is 66.6 Å². The molecule has 0 spiro atoms. The fourth-order valence-corrected chi connectivity index (χ4v) is 10.8. The molecule has 0 aromatic rings. The van der Waals surface area contributed by atoms with Gasteiger partial charge >= 0.3 is 0 Å². The number of carbonyl (C=O) groups is 10. The van der Waals surface area contributed by atoms with Gasteiger partial charge in [0.15, 0.2) is 0 Å². The summed E-state index contributed by atoms with van der Waals surface area (Å²) in [4.78, 5) is 142. The third-order valence-electron chi connectivity index (χ3n) is 15.7. The summed E-state index contributed by atoms with van der Waals surface area (Å²) in [6.07, 6.45) is 14.9. The molecule has 9 N–H and O–H groups in total. The fraction of sp³-hybridized carbons (Fsp3) is 0.839. The Kier molecular flexibility index (Phi) is 31.8. The number of likely N-dealkylation sites (tertiary alicyclic amines) is 1. The van der Waals surface area contributed by atoms with E-state index in [4.69, 9.17) is 0 Å². The van der Waals surface area contributed by atoms with Crippen molar-refractivity contribution in [3.8, 4) is 0 Å². The van der Waals surface area contributed by atoms with Crippen molar-refractivity contribution in [2.45, 2.75) is 291 Å². The molecule has 2 rings (SSSR count). The van der Waals surface area contributed by atoms with Crippen LogP contribution in [0.2, 0.25) is 0 Å². The molecule has 21 heteroatoms. The van der Waals surface area contributed by atoms with E-state index in [-0.39, 0.29) is 73.9 Å². The minimum absolute atomic E-state index is 0.0288. The first-order chi connectivity index (χ1) is 38.8. The Balaban J connectivity index is 2.20. The predicted molar refractivity (Wildman–Crippen MR) is 325 cm³/mol. The summed E-state index contributed by atoms with van der Waals surface area (Å²) in [5.74, 6) is -5.34. The molecular formula is C62H113N11O10. The van der Waals surface area contributed by atoms with Crippen molar-refractivity contribution in [3.05, 3.63) is 0 Å². The number of nitrogens with zero attached hydrogens (tertiary/aromatic N) is 2. The van der Waals surface area contributed by atoms with Gasteiger partial charge in [0.2, 0.25) is 59.1 Å². The number of likely N-dealkylation sites (N-methyl/N-ethyl adjacent to an activating group) is 1. The number of hydrogen-bond acceptors (Lipinski definition) is 11. The topological polar surface area (TPSA) is 285 Å². The number of unbranched alkanes of at least 4 members (excludes halogenated alkanes) is 7. The lowest BCUT2D eigenvalue weighted by Gasteiger charge is -2.36. The molecular weight excluding hydrogens is 1060 g/mol. The normalized spacial score (nSPS) is 18.2. The standard InChI is InChI=1S/C62H113N11O10/c1-17-19-21-22-23-25-30-44(65-56(80)49-32-28-36-73(49)51(75)33-24-20-18-2)52(76)66-46(38-41(5)6)54(78)69-61(11,12)58(82)68-45(37-40(3)4)53(77)67-47(39-42(7)8)55(79)70-62(13,14)59(83)71-60(9,10)57(81)63-35-34-50(74)64-43-29-26-27-31-48(43)72(15)16/h40-49H,17-39H2,1-16H3,(H,63,81)(H,64,74)(H,65,80)(H,66,76)(H,67,77)(H,68,82)(H,69,78)(H,70,79)(H,71,83)/t43-,44?,45?,46?,47?,48-,49-/m0/s1. The highest BCUT2D eigenvalue weighted by Crippen LogP contribution is 2.23. The predicted octanol–water partition coefficient (Wildman–Crippen LogP) is 5.57. The molecule has 7 atom stereocenters.